The van der Waals surface area contributed by atoms with Crippen molar-refractivity contribution in [3.8, 4) is 11.3 Å². The van der Waals surface area contributed by atoms with Crippen LogP contribution in [0.5, 0.6) is 0 Å². The minimum Gasteiger partial charge on any atom is -0.352 e. The number of likely N-dealkylation sites (tertiary alicyclic amines) is 1. The van der Waals surface area contributed by atoms with Crippen molar-refractivity contribution in [3.63, 3.8) is 0 Å². The van der Waals surface area contributed by atoms with E-state index in [1.807, 2.05) is 65.6 Å². The molecule has 3 aromatic rings. The molecule has 0 unspecified atom stereocenters. The second-order valence-electron chi connectivity index (χ2n) is 7.67. The molecule has 31 heavy (non-hydrogen) atoms. The van der Waals surface area contributed by atoms with Crippen LogP contribution in [0, 0.1) is 5.92 Å². The molecule has 5 nitrogen and oxygen atoms in total. The van der Waals surface area contributed by atoms with Gasteiger partial charge in [0.25, 0.3) is 5.91 Å². The molecule has 0 aliphatic carbocycles. The Hall–Kier alpha value is -3.18. The van der Waals surface area contributed by atoms with Crippen molar-refractivity contribution >= 4 is 23.4 Å². The SMILES string of the molecule is O=C(NCc1ccccc1Cl)C1CCN(C(=O)c2ccnc(-c3ccccc3)c2)CC1. The topological polar surface area (TPSA) is 62.3 Å². The predicted octanol–water partition coefficient (Wildman–Crippen LogP) is 4.57. The molecule has 4 rings (SSSR count). The lowest BCUT2D eigenvalue weighted by Crippen LogP contribution is -2.43. The quantitative estimate of drug-likeness (QED) is 0.641. The predicted molar refractivity (Wildman–Crippen MR) is 122 cm³/mol. The van der Waals surface area contributed by atoms with Gasteiger partial charge < -0.3 is 10.2 Å². The molecule has 0 bridgehead atoms. The minimum absolute atomic E-state index is 0.0160. The summed E-state index contributed by atoms with van der Waals surface area (Å²) in [5.41, 5.74) is 3.28. The van der Waals surface area contributed by atoms with Gasteiger partial charge in [-0.2, -0.15) is 0 Å². The summed E-state index contributed by atoms with van der Waals surface area (Å²) < 4.78 is 0. The average molecular weight is 434 g/mol. The lowest BCUT2D eigenvalue weighted by atomic mass is 9.95. The third-order valence-electron chi connectivity index (χ3n) is 5.64. The van der Waals surface area contributed by atoms with E-state index in [1.54, 1.807) is 12.3 Å². The van der Waals surface area contributed by atoms with Gasteiger partial charge in [-0.25, -0.2) is 0 Å². The summed E-state index contributed by atoms with van der Waals surface area (Å²) >= 11 is 6.16. The zero-order chi connectivity index (χ0) is 21.6. The second kappa shape index (κ2) is 9.75. The second-order valence-corrected chi connectivity index (χ2v) is 8.08. The molecular weight excluding hydrogens is 410 g/mol. The zero-order valence-corrected chi connectivity index (χ0v) is 17.9. The summed E-state index contributed by atoms with van der Waals surface area (Å²) in [4.78, 5) is 31.8. The van der Waals surface area contributed by atoms with Crippen LogP contribution >= 0.6 is 11.6 Å². The molecule has 0 atom stereocenters. The first-order valence-corrected chi connectivity index (χ1v) is 10.8. The summed E-state index contributed by atoms with van der Waals surface area (Å²) in [5, 5.41) is 3.62. The first kappa shape index (κ1) is 21.1. The third-order valence-corrected chi connectivity index (χ3v) is 6.01. The van der Waals surface area contributed by atoms with Crippen LogP contribution in [-0.2, 0) is 11.3 Å². The fourth-order valence-electron chi connectivity index (χ4n) is 3.83. The number of nitrogens with one attached hydrogen (secondary N) is 1. The molecule has 2 amide bonds. The summed E-state index contributed by atoms with van der Waals surface area (Å²) in [6.45, 7) is 1.54. The van der Waals surface area contributed by atoms with Gasteiger partial charge in [0.1, 0.15) is 0 Å². The van der Waals surface area contributed by atoms with Crippen LogP contribution in [0.15, 0.2) is 72.9 Å². The van der Waals surface area contributed by atoms with Gasteiger partial charge in [0.2, 0.25) is 5.91 Å². The maximum absolute atomic E-state index is 13.0. The van der Waals surface area contributed by atoms with Crippen molar-refractivity contribution < 1.29 is 9.59 Å². The smallest absolute Gasteiger partial charge is 0.253 e. The van der Waals surface area contributed by atoms with E-state index >= 15 is 0 Å². The number of piperidine rings is 1. The number of halogens is 1. The Labute approximate surface area is 187 Å². The van der Waals surface area contributed by atoms with E-state index in [1.165, 1.54) is 0 Å². The summed E-state index contributed by atoms with van der Waals surface area (Å²) in [6.07, 6.45) is 2.97. The van der Waals surface area contributed by atoms with Gasteiger partial charge >= 0.3 is 0 Å². The van der Waals surface area contributed by atoms with Crippen molar-refractivity contribution in [1.82, 2.24) is 15.2 Å². The maximum Gasteiger partial charge on any atom is 0.253 e. The molecule has 1 aromatic heterocycles. The molecule has 6 heteroatoms. The molecule has 0 saturated carbocycles. The van der Waals surface area contributed by atoms with Crippen LogP contribution < -0.4 is 5.32 Å². The number of hydrogen-bond acceptors (Lipinski definition) is 3. The number of aromatic nitrogens is 1. The molecule has 1 aliphatic heterocycles. The summed E-state index contributed by atoms with van der Waals surface area (Å²) in [6, 6.07) is 20.9. The lowest BCUT2D eigenvalue weighted by Gasteiger charge is -2.31. The van der Waals surface area contributed by atoms with Crippen LogP contribution in [-0.4, -0.2) is 34.8 Å². The molecule has 1 N–H and O–H groups in total. The number of amides is 2. The van der Waals surface area contributed by atoms with E-state index in [-0.39, 0.29) is 17.7 Å². The highest BCUT2D eigenvalue weighted by Crippen LogP contribution is 2.22. The summed E-state index contributed by atoms with van der Waals surface area (Å²) in [5.74, 6) is -0.0966. The number of pyridine rings is 1. The first-order valence-electron chi connectivity index (χ1n) is 10.4. The van der Waals surface area contributed by atoms with Gasteiger partial charge in [0.15, 0.2) is 0 Å². The Balaban J connectivity index is 1.33. The molecule has 1 aliphatic rings. The Kier molecular flexibility index (Phi) is 6.63. The van der Waals surface area contributed by atoms with Crippen LogP contribution in [0.2, 0.25) is 5.02 Å². The highest BCUT2D eigenvalue weighted by atomic mass is 35.5. The van der Waals surface area contributed by atoms with Gasteiger partial charge in [-0.15, -0.1) is 0 Å². The van der Waals surface area contributed by atoms with Gasteiger partial charge in [0.05, 0.1) is 5.69 Å². The minimum atomic E-state index is -0.0937. The molecule has 2 heterocycles. The monoisotopic (exact) mass is 433 g/mol. The fraction of sp³-hybridized carbons (Fsp3) is 0.240. The Morgan fingerprint density at radius 1 is 1.00 bits per heavy atom. The standard InChI is InChI=1S/C25H24ClN3O2/c26-22-9-5-4-8-21(22)17-28-24(30)19-11-14-29(15-12-19)25(31)20-10-13-27-23(16-20)18-6-2-1-3-7-18/h1-10,13,16,19H,11-12,14-15,17H2,(H,28,30). The normalized spacial score (nSPS) is 14.3. The van der Waals surface area contributed by atoms with Crippen LogP contribution in [0.3, 0.4) is 0 Å². The summed E-state index contributed by atoms with van der Waals surface area (Å²) in [7, 11) is 0. The average Bonchev–Trinajstić information content (AvgIpc) is 2.83. The van der Waals surface area contributed by atoms with Gasteiger partial charge in [0, 0.05) is 47.9 Å². The molecule has 0 radical (unpaired) electrons. The molecule has 1 fully saturated rings. The molecule has 2 aromatic carbocycles. The van der Waals surface area contributed by atoms with Crippen molar-refractivity contribution in [3.05, 3.63) is 89.1 Å². The number of rotatable bonds is 5. The number of hydrogen-bond donors (Lipinski definition) is 1. The lowest BCUT2D eigenvalue weighted by molar-refractivity contribution is -0.126. The van der Waals surface area contributed by atoms with E-state index in [0.29, 0.717) is 43.1 Å². The Morgan fingerprint density at radius 2 is 1.71 bits per heavy atom. The number of nitrogens with zero attached hydrogens (tertiary/aromatic N) is 2. The van der Waals surface area contributed by atoms with Crippen LogP contribution in [0.25, 0.3) is 11.3 Å². The van der Waals surface area contributed by atoms with E-state index < -0.39 is 0 Å². The van der Waals surface area contributed by atoms with E-state index in [9.17, 15) is 9.59 Å². The highest BCUT2D eigenvalue weighted by Gasteiger charge is 2.28. The van der Waals surface area contributed by atoms with Crippen LogP contribution in [0.1, 0.15) is 28.8 Å². The highest BCUT2D eigenvalue weighted by molar-refractivity contribution is 6.31. The van der Waals surface area contributed by atoms with Crippen molar-refractivity contribution in [1.29, 1.82) is 0 Å². The molecule has 1 saturated heterocycles. The number of benzene rings is 2. The maximum atomic E-state index is 13.0. The largest absolute Gasteiger partial charge is 0.352 e. The fourth-order valence-corrected chi connectivity index (χ4v) is 4.03. The van der Waals surface area contributed by atoms with E-state index in [0.717, 1.165) is 16.8 Å². The van der Waals surface area contributed by atoms with Gasteiger partial charge in [-0.05, 0) is 36.6 Å². The Morgan fingerprint density at radius 3 is 2.45 bits per heavy atom. The van der Waals surface area contributed by atoms with Crippen molar-refractivity contribution in [2.45, 2.75) is 19.4 Å². The third kappa shape index (κ3) is 5.12. The molecule has 158 valence electrons. The van der Waals surface area contributed by atoms with E-state index in [4.69, 9.17) is 11.6 Å². The number of carbonyl (C=O) groups is 2. The Bertz CT molecular complexity index is 1060. The van der Waals surface area contributed by atoms with Gasteiger partial charge in [-0.3, -0.25) is 14.6 Å². The first-order chi connectivity index (χ1) is 15.1. The van der Waals surface area contributed by atoms with Gasteiger partial charge in [-0.1, -0.05) is 60.1 Å². The molecular formula is C25H24ClN3O2. The number of carbonyl (C=O) groups excluding carboxylic acids is 2. The van der Waals surface area contributed by atoms with Crippen LogP contribution in [0.4, 0.5) is 0 Å². The zero-order valence-electron chi connectivity index (χ0n) is 17.1. The van der Waals surface area contributed by atoms with Crippen molar-refractivity contribution in [2.24, 2.45) is 5.92 Å². The van der Waals surface area contributed by atoms with E-state index in [2.05, 4.69) is 10.3 Å². The van der Waals surface area contributed by atoms with Crippen molar-refractivity contribution in [2.75, 3.05) is 13.1 Å². The molecule has 0 spiro atoms.